The molecule has 0 saturated heterocycles. The highest BCUT2D eigenvalue weighted by atomic mass is 35.5. The number of nitrogens with one attached hydrogen (secondary N) is 2. The smallest absolute Gasteiger partial charge is 0.234 e. The van der Waals surface area contributed by atoms with Gasteiger partial charge in [-0.05, 0) is 67.3 Å². The van der Waals surface area contributed by atoms with Crippen LogP contribution < -0.4 is 15.4 Å². The highest BCUT2D eigenvalue weighted by Crippen LogP contribution is 2.29. The summed E-state index contributed by atoms with van der Waals surface area (Å²) in [6, 6.07) is 12.2. The van der Waals surface area contributed by atoms with Gasteiger partial charge in [0, 0.05) is 9.75 Å². The number of ether oxygens (including phenoxy) is 1. The topological polar surface area (TPSA) is 50.4 Å². The molecule has 4 nitrogen and oxygen atoms in total. The third-order valence-electron chi connectivity index (χ3n) is 3.91. The fourth-order valence-electron chi connectivity index (χ4n) is 2.34. The maximum atomic E-state index is 11.8. The van der Waals surface area contributed by atoms with E-state index in [1.54, 1.807) is 18.4 Å². The van der Waals surface area contributed by atoms with Crippen LogP contribution in [0.2, 0.25) is 0 Å². The second kappa shape index (κ2) is 9.06. The van der Waals surface area contributed by atoms with E-state index >= 15 is 0 Å². The molecule has 6 heteroatoms. The van der Waals surface area contributed by atoms with Gasteiger partial charge in [0.15, 0.2) is 0 Å². The van der Waals surface area contributed by atoms with Crippen LogP contribution in [0.3, 0.4) is 0 Å². The highest BCUT2D eigenvalue weighted by molar-refractivity contribution is 7.15. The Bertz CT molecular complexity index is 653. The van der Waals surface area contributed by atoms with Gasteiger partial charge >= 0.3 is 0 Å². The maximum Gasteiger partial charge on any atom is 0.234 e. The quantitative estimate of drug-likeness (QED) is 0.752. The monoisotopic (exact) mass is 366 g/mol. The minimum absolute atomic E-state index is 0. The summed E-state index contributed by atoms with van der Waals surface area (Å²) in [4.78, 5) is 14.1. The molecular weight excluding hydrogens is 344 g/mol. The van der Waals surface area contributed by atoms with Crippen LogP contribution in [0.25, 0.3) is 10.4 Å². The first-order valence-corrected chi connectivity index (χ1v) is 8.77. The number of halogens is 1. The molecule has 0 aliphatic heterocycles. The molecular formula is C18H23ClN2O2S. The van der Waals surface area contributed by atoms with Crippen LogP contribution in [-0.2, 0) is 11.3 Å². The number of hydrogen-bond donors (Lipinski definition) is 2. The summed E-state index contributed by atoms with van der Waals surface area (Å²) < 4.78 is 5.18. The first kappa shape index (κ1) is 18.8. The van der Waals surface area contributed by atoms with E-state index < -0.39 is 0 Å². The van der Waals surface area contributed by atoms with E-state index in [9.17, 15) is 4.79 Å². The van der Waals surface area contributed by atoms with E-state index in [1.165, 1.54) is 23.3 Å². The van der Waals surface area contributed by atoms with Crippen LogP contribution in [0, 0.1) is 5.92 Å². The molecule has 24 heavy (non-hydrogen) atoms. The number of carbonyl (C=O) groups excluding carboxylic acids is 1. The van der Waals surface area contributed by atoms with Crippen LogP contribution in [0.4, 0.5) is 0 Å². The van der Waals surface area contributed by atoms with Crippen molar-refractivity contribution in [3.05, 3.63) is 41.3 Å². The molecule has 0 atom stereocenters. The molecule has 0 unspecified atom stereocenters. The Labute approximate surface area is 153 Å². The van der Waals surface area contributed by atoms with Gasteiger partial charge in [0.05, 0.1) is 20.2 Å². The fraction of sp³-hybridized carbons (Fsp3) is 0.389. The fourth-order valence-corrected chi connectivity index (χ4v) is 3.30. The van der Waals surface area contributed by atoms with Gasteiger partial charge in [-0.2, -0.15) is 0 Å². The number of methoxy groups -OCH3 is 1. The lowest BCUT2D eigenvalue weighted by atomic mass is 10.2. The van der Waals surface area contributed by atoms with Gasteiger partial charge in [-0.15, -0.1) is 23.7 Å². The van der Waals surface area contributed by atoms with E-state index in [0.29, 0.717) is 13.1 Å². The predicted molar refractivity (Wildman–Crippen MR) is 101 cm³/mol. The van der Waals surface area contributed by atoms with E-state index in [2.05, 4.69) is 34.9 Å². The summed E-state index contributed by atoms with van der Waals surface area (Å²) >= 11 is 1.70. The highest BCUT2D eigenvalue weighted by Gasteiger charge is 2.20. The lowest BCUT2D eigenvalue weighted by Gasteiger charge is -2.05. The summed E-state index contributed by atoms with van der Waals surface area (Å²) in [6.45, 7) is 1.96. The zero-order chi connectivity index (χ0) is 16.1. The minimum atomic E-state index is 0. The van der Waals surface area contributed by atoms with Gasteiger partial charge in [0.2, 0.25) is 5.91 Å². The molecule has 1 amide bonds. The van der Waals surface area contributed by atoms with E-state index in [4.69, 9.17) is 4.74 Å². The molecule has 2 N–H and O–H groups in total. The Morgan fingerprint density at radius 1 is 1.21 bits per heavy atom. The van der Waals surface area contributed by atoms with Gasteiger partial charge in [0.1, 0.15) is 5.75 Å². The van der Waals surface area contributed by atoms with Crippen molar-refractivity contribution < 1.29 is 9.53 Å². The van der Waals surface area contributed by atoms with Crippen molar-refractivity contribution in [2.24, 2.45) is 5.92 Å². The Morgan fingerprint density at radius 2 is 1.96 bits per heavy atom. The van der Waals surface area contributed by atoms with Crippen molar-refractivity contribution in [1.29, 1.82) is 0 Å². The summed E-state index contributed by atoms with van der Waals surface area (Å²) in [7, 11) is 1.67. The minimum Gasteiger partial charge on any atom is -0.497 e. The van der Waals surface area contributed by atoms with Crippen molar-refractivity contribution in [1.82, 2.24) is 10.6 Å². The van der Waals surface area contributed by atoms with Crippen LogP contribution in [0.1, 0.15) is 17.7 Å². The van der Waals surface area contributed by atoms with Crippen molar-refractivity contribution in [3.8, 4) is 16.2 Å². The van der Waals surface area contributed by atoms with Gasteiger partial charge in [-0.1, -0.05) is 0 Å². The van der Waals surface area contributed by atoms with Gasteiger partial charge in [-0.25, -0.2) is 0 Å². The van der Waals surface area contributed by atoms with Crippen LogP contribution in [-0.4, -0.2) is 26.1 Å². The van der Waals surface area contributed by atoms with E-state index in [-0.39, 0.29) is 18.3 Å². The molecule has 1 fully saturated rings. The third kappa shape index (κ3) is 5.51. The van der Waals surface area contributed by atoms with Gasteiger partial charge < -0.3 is 15.4 Å². The number of benzene rings is 1. The predicted octanol–water partition coefficient (Wildman–Crippen LogP) is 3.46. The summed E-state index contributed by atoms with van der Waals surface area (Å²) in [6.07, 6.45) is 2.61. The largest absolute Gasteiger partial charge is 0.497 e. The van der Waals surface area contributed by atoms with Gasteiger partial charge in [-0.3, -0.25) is 4.79 Å². The summed E-state index contributed by atoms with van der Waals surface area (Å²) in [5.74, 6) is 1.72. The van der Waals surface area contributed by atoms with Crippen molar-refractivity contribution in [2.75, 3.05) is 20.2 Å². The average Bonchev–Trinajstić information content (AvgIpc) is 3.28. The molecule has 3 rings (SSSR count). The average molecular weight is 367 g/mol. The first-order chi connectivity index (χ1) is 11.2. The second-order valence-corrected chi connectivity index (χ2v) is 7.01. The molecule has 0 spiro atoms. The van der Waals surface area contributed by atoms with Crippen LogP contribution in [0.15, 0.2) is 36.4 Å². The van der Waals surface area contributed by atoms with Gasteiger partial charge in [0.25, 0.3) is 0 Å². The Balaban J connectivity index is 0.00000208. The van der Waals surface area contributed by atoms with Crippen molar-refractivity contribution >= 4 is 29.7 Å². The molecule has 1 aliphatic carbocycles. The van der Waals surface area contributed by atoms with Crippen molar-refractivity contribution in [3.63, 3.8) is 0 Å². The number of rotatable bonds is 8. The molecule has 0 bridgehead atoms. The molecule has 1 heterocycles. The standard InChI is InChI=1S/C18H22N2O2S.ClH/c1-22-15-6-4-14(5-7-15)17-9-8-16(23-17)11-20-18(21)12-19-10-13-2-3-13;/h4-9,13,19H,2-3,10-12H2,1H3,(H,20,21);1H. The molecule has 1 aliphatic rings. The van der Waals surface area contributed by atoms with Crippen molar-refractivity contribution in [2.45, 2.75) is 19.4 Å². The summed E-state index contributed by atoms with van der Waals surface area (Å²) in [5, 5.41) is 6.17. The Kier molecular flexibility index (Phi) is 7.09. The lowest BCUT2D eigenvalue weighted by Crippen LogP contribution is -2.34. The molecule has 0 radical (unpaired) electrons. The number of carbonyl (C=O) groups is 1. The van der Waals surface area contributed by atoms with Crippen LogP contribution in [0.5, 0.6) is 5.75 Å². The number of amides is 1. The maximum absolute atomic E-state index is 11.8. The third-order valence-corrected chi connectivity index (χ3v) is 5.05. The zero-order valence-electron chi connectivity index (χ0n) is 13.7. The number of thiophene rings is 1. The van der Waals surface area contributed by atoms with E-state index in [0.717, 1.165) is 23.1 Å². The molecule has 1 aromatic heterocycles. The molecule has 1 aromatic carbocycles. The lowest BCUT2D eigenvalue weighted by molar-refractivity contribution is -0.120. The van der Waals surface area contributed by atoms with E-state index in [1.807, 2.05) is 12.1 Å². The summed E-state index contributed by atoms with van der Waals surface area (Å²) in [5.41, 5.74) is 1.17. The second-order valence-electron chi connectivity index (χ2n) is 5.85. The SMILES string of the molecule is COc1ccc(-c2ccc(CNC(=O)CNCC3CC3)s2)cc1.Cl. The first-order valence-electron chi connectivity index (χ1n) is 7.95. The Hall–Kier alpha value is -1.56. The number of hydrogen-bond acceptors (Lipinski definition) is 4. The molecule has 130 valence electrons. The molecule has 1 saturated carbocycles. The zero-order valence-corrected chi connectivity index (χ0v) is 15.3. The normalized spacial score (nSPS) is 13.2. The Morgan fingerprint density at radius 3 is 2.62 bits per heavy atom. The van der Waals surface area contributed by atoms with Crippen LogP contribution >= 0.6 is 23.7 Å². The molecule has 2 aromatic rings.